The molecular weight excluding hydrogens is 362 g/mol. The summed E-state index contributed by atoms with van der Waals surface area (Å²) in [4.78, 5) is 30.1. The average Bonchev–Trinajstić information content (AvgIpc) is 3.23. The molecule has 7 nitrogen and oxygen atoms in total. The number of aryl methyl sites for hydroxylation is 2. The van der Waals surface area contributed by atoms with Crippen molar-refractivity contribution in [3.63, 3.8) is 0 Å². The lowest BCUT2D eigenvalue weighted by Gasteiger charge is -2.05. The number of H-pyrrole nitrogens is 1. The summed E-state index contributed by atoms with van der Waals surface area (Å²) in [6.45, 7) is 6.56. The summed E-state index contributed by atoms with van der Waals surface area (Å²) in [6.07, 6.45) is 1.50. The summed E-state index contributed by atoms with van der Waals surface area (Å²) in [5, 5.41) is 4.16. The highest BCUT2D eigenvalue weighted by molar-refractivity contribution is 7.20. The Morgan fingerprint density at radius 3 is 2.93 bits per heavy atom. The first kappa shape index (κ1) is 17.4. The number of imidazole rings is 1. The number of nitrogens with zero attached hydrogens (tertiary/aromatic N) is 3. The molecule has 0 radical (unpaired) electrons. The third-order valence-corrected chi connectivity index (χ3v) is 5.55. The molecule has 0 amide bonds. The molecule has 138 valence electrons. The molecule has 0 aliphatic carbocycles. The number of anilines is 1. The zero-order chi connectivity index (χ0) is 19.0. The standard InChI is InChI=1S/C19H19N5O2S/c1-4-26-19(25)16-11(3)14-17(21-9-22-18(14)27-16)20-8-13-23-12-7-5-6-10(2)15(12)24-13/h5-7,9H,4,8H2,1-3H3,(H,23,24)(H,20,21,22). The third kappa shape index (κ3) is 3.12. The second kappa shape index (κ2) is 6.96. The van der Waals surface area contributed by atoms with E-state index in [9.17, 15) is 4.79 Å². The van der Waals surface area contributed by atoms with Crippen molar-refractivity contribution in [1.82, 2.24) is 19.9 Å². The van der Waals surface area contributed by atoms with Gasteiger partial charge < -0.3 is 15.0 Å². The van der Waals surface area contributed by atoms with Gasteiger partial charge in [0.15, 0.2) is 0 Å². The van der Waals surface area contributed by atoms with E-state index in [1.54, 1.807) is 6.92 Å². The smallest absolute Gasteiger partial charge is 0.348 e. The quantitative estimate of drug-likeness (QED) is 0.508. The van der Waals surface area contributed by atoms with Crippen molar-refractivity contribution < 1.29 is 9.53 Å². The lowest BCUT2D eigenvalue weighted by Crippen LogP contribution is -2.05. The molecule has 8 heteroatoms. The molecule has 0 unspecified atom stereocenters. The Labute approximate surface area is 159 Å². The van der Waals surface area contributed by atoms with Gasteiger partial charge in [0, 0.05) is 0 Å². The molecule has 0 aliphatic rings. The fourth-order valence-electron chi connectivity index (χ4n) is 3.07. The van der Waals surface area contributed by atoms with Crippen LogP contribution in [0.25, 0.3) is 21.3 Å². The van der Waals surface area contributed by atoms with Gasteiger partial charge in [0.25, 0.3) is 0 Å². The van der Waals surface area contributed by atoms with Crippen LogP contribution in [0, 0.1) is 13.8 Å². The number of nitrogens with one attached hydrogen (secondary N) is 2. The van der Waals surface area contributed by atoms with E-state index in [1.165, 1.54) is 17.7 Å². The molecular formula is C19H19N5O2S. The predicted octanol–water partition coefficient (Wildman–Crippen LogP) is 3.97. The van der Waals surface area contributed by atoms with Crippen LogP contribution in [0.15, 0.2) is 24.5 Å². The van der Waals surface area contributed by atoms with Crippen LogP contribution in [0.3, 0.4) is 0 Å². The molecule has 3 aromatic heterocycles. The van der Waals surface area contributed by atoms with Crippen molar-refractivity contribution >= 4 is 44.4 Å². The minimum Gasteiger partial charge on any atom is -0.462 e. The van der Waals surface area contributed by atoms with E-state index >= 15 is 0 Å². The molecule has 0 saturated heterocycles. The topological polar surface area (TPSA) is 92.8 Å². The van der Waals surface area contributed by atoms with Crippen molar-refractivity contribution in [3.8, 4) is 0 Å². The summed E-state index contributed by atoms with van der Waals surface area (Å²) in [5.74, 6) is 1.18. The fourth-order valence-corrected chi connectivity index (χ4v) is 4.12. The van der Waals surface area contributed by atoms with Gasteiger partial charge >= 0.3 is 5.97 Å². The number of aromatic nitrogens is 4. The molecule has 2 N–H and O–H groups in total. The first-order chi connectivity index (χ1) is 13.1. The van der Waals surface area contributed by atoms with Crippen LogP contribution in [0.1, 0.15) is 33.5 Å². The number of thiophene rings is 1. The summed E-state index contributed by atoms with van der Waals surface area (Å²) in [5.41, 5.74) is 3.94. The average molecular weight is 381 g/mol. The zero-order valence-electron chi connectivity index (χ0n) is 15.3. The number of carbonyl (C=O) groups is 1. The number of ether oxygens (including phenoxy) is 1. The van der Waals surface area contributed by atoms with E-state index in [1.807, 2.05) is 32.0 Å². The molecule has 0 fully saturated rings. The van der Waals surface area contributed by atoms with Crippen molar-refractivity contribution in [3.05, 3.63) is 46.4 Å². The van der Waals surface area contributed by atoms with E-state index in [0.717, 1.165) is 38.2 Å². The van der Waals surface area contributed by atoms with Crippen molar-refractivity contribution in [2.75, 3.05) is 11.9 Å². The van der Waals surface area contributed by atoms with E-state index in [2.05, 4.69) is 25.3 Å². The molecule has 4 rings (SSSR count). The highest BCUT2D eigenvalue weighted by atomic mass is 32.1. The van der Waals surface area contributed by atoms with Crippen LogP contribution in [0.5, 0.6) is 0 Å². The minimum atomic E-state index is -0.322. The summed E-state index contributed by atoms with van der Waals surface area (Å²) < 4.78 is 5.14. The Balaban J connectivity index is 1.65. The molecule has 0 saturated carbocycles. The molecule has 1 aromatic carbocycles. The number of hydrogen-bond donors (Lipinski definition) is 2. The number of aromatic amines is 1. The van der Waals surface area contributed by atoms with E-state index in [4.69, 9.17) is 4.74 Å². The molecule has 3 heterocycles. The highest BCUT2D eigenvalue weighted by Crippen LogP contribution is 2.33. The van der Waals surface area contributed by atoms with Crippen molar-refractivity contribution in [2.24, 2.45) is 0 Å². The van der Waals surface area contributed by atoms with Gasteiger partial charge in [-0.2, -0.15) is 0 Å². The van der Waals surface area contributed by atoms with Crippen LogP contribution >= 0.6 is 11.3 Å². The molecule has 0 aliphatic heterocycles. The van der Waals surface area contributed by atoms with Crippen LogP contribution in [0.2, 0.25) is 0 Å². The van der Waals surface area contributed by atoms with E-state index in [-0.39, 0.29) is 5.97 Å². The maximum Gasteiger partial charge on any atom is 0.348 e. The maximum absolute atomic E-state index is 12.2. The van der Waals surface area contributed by atoms with Crippen LogP contribution < -0.4 is 5.32 Å². The van der Waals surface area contributed by atoms with Gasteiger partial charge in [-0.05, 0) is 38.0 Å². The first-order valence-electron chi connectivity index (χ1n) is 8.67. The second-order valence-electron chi connectivity index (χ2n) is 6.19. The predicted molar refractivity (Wildman–Crippen MR) is 106 cm³/mol. The molecule has 0 bridgehead atoms. The number of esters is 1. The van der Waals surface area contributed by atoms with Gasteiger partial charge in [-0.25, -0.2) is 19.7 Å². The Kier molecular flexibility index (Phi) is 4.49. The van der Waals surface area contributed by atoms with Gasteiger partial charge in [-0.15, -0.1) is 11.3 Å². The third-order valence-electron chi connectivity index (χ3n) is 4.37. The molecule has 4 aromatic rings. The van der Waals surface area contributed by atoms with E-state index < -0.39 is 0 Å². The second-order valence-corrected chi connectivity index (χ2v) is 7.19. The summed E-state index contributed by atoms with van der Waals surface area (Å²) in [7, 11) is 0. The van der Waals surface area contributed by atoms with Crippen LogP contribution in [-0.4, -0.2) is 32.5 Å². The molecule has 27 heavy (non-hydrogen) atoms. The number of benzene rings is 1. The lowest BCUT2D eigenvalue weighted by atomic mass is 10.2. The van der Waals surface area contributed by atoms with Gasteiger partial charge in [-0.1, -0.05) is 12.1 Å². The summed E-state index contributed by atoms with van der Waals surface area (Å²) in [6, 6.07) is 6.06. The Hall–Kier alpha value is -3.00. The lowest BCUT2D eigenvalue weighted by molar-refractivity contribution is 0.0531. The summed E-state index contributed by atoms with van der Waals surface area (Å²) >= 11 is 1.32. The Morgan fingerprint density at radius 2 is 2.15 bits per heavy atom. The number of para-hydroxylation sites is 1. The van der Waals surface area contributed by atoms with Gasteiger partial charge in [0.1, 0.15) is 27.7 Å². The SMILES string of the molecule is CCOC(=O)c1sc2ncnc(NCc3nc4c(C)cccc4[nH]3)c2c1C. The maximum atomic E-state index is 12.2. The Morgan fingerprint density at radius 1 is 1.30 bits per heavy atom. The van der Waals surface area contributed by atoms with Crippen molar-refractivity contribution in [1.29, 1.82) is 0 Å². The fraction of sp³-hybridized carbons (Fsp3) is 0.263. The normalized spacial score (nSPS) is 11.2. The largest absolute Gasteiger partial charge is 0.462 e. The highest BCUT2D eigenvalue weighted by Gasteiger charge is 2.20. The zero-order valence-corrected chi connectivity index (χ0v) is 16.1. The van der Waals surface area contributed by atoms with Crippen LogP contribution in [0.4, 0.5) is 5.82 Å². The first-order valence-corrected chi connectivity index (χ1v) is 9.49. The Bertz CT molecular complexity index is 1150. The number of rotatable bonds is 5. The molecule has 0 spiro atoms. The molecule has 0 atom stereocenters. The monoisotopic (exact) mass is 381 g/mol. The van der Waals surface area contributed by atoms with E-state index in [0.29, 0.717) is 23.8 Å². The van der Waals surface area contributed by atoms with Gasteiger partial charge in [0.05, 0.1) is 29.6 Å². The van der Waals surface area contributed by atoms with Gasteiger partial charge in [0.2, 0.25) is 0 Å². The number of hydrogen-bond acceptors (Lipinski definition) is 7. The van der Waals surface area contributed by atoms with Crippen molar-refractivity contribution in [2.45, 2.75) is 27.3 Å². The minimum absolute atomic E-state index is 0.322. The van der Waals surface area contributed by atoms with Crippen LogP contribution in [-0.2, 0) is 11.3 Å². The van der Waals surface area contributed by atoms with Gasteiger partial charge in [-0.3, -0.25) is 0 Å². The number of fused-ring (bicyclic) bond motifs is 2. The number of carbonyl (C=O) groups excluding carboxylic acids is 1.